The number of hydrogen-bond acceptors (Lipinski definition) is 8. The van der Waals surface area contributed by atoms with Gasteiger partial charge in [-0.25, -0.2) is 0 Å². The molecule has 12 heteroatoms. The minimum Gasteiger partial charge on any atom is -0.393 e. The number of aliphatic hydroxyl groups excluding tert-OH is 1. The summed E-state index contributed by atoms with van der Waals surface area (Å²) in [5, 5.41) is 38.5. The molecule has 0 saturated heterocycles. The molecule has 0 amide bonds. The SMILES string of the molecule is CCOC1CC(n2cc([N+](=O)[O-])c(C)n2)C1.Cc1nn(C2CC(O)C2)cc1[N+](=O)[O-]. The second-order valence-electron chi connectivity index (χ2n) is 7.66. The Morgan fingerprint density at radius 1 is 1.00 bits per heavy atom. The topological polar surface area (TPSA) is 151 Å². The Balaban J connectivity index is 0.000000172. The van der Waals surface area contributed by atoms with Gasteiger partial charge >= 0.3 is 11.4 Å². The minimum atomic E-state index is -0.437. The highest BCUT2D eigenvalue weighted by Crippen LogP contribution is 2.35. The molecule has 4 rings (SSSR count). The standard InChI is InChI=1S/C10H15N3O3.C8H11N3O3/c1-3-16-9-4-8(5-9)12-6-10(13(14)15)7(2)11-12;1-5-8(11(13)14)4-10(9-5)6-2-7(12)3-6/h6,8-9H,3-5H2,1-2H3;4,6-7,12H,2-3H2,1H3. The van der Waals surface area contributed by atoms with Gasteiger partial charge in [0.2, 0.25) is 0 Å². The van der Waals surface area contributed by atoms with Crippen LogP contribution in [0.15, 0.2) is 12.4 Å². The fourth-order valence-corrected chi connectivity index (χ4v) is 3.58. The smallest absolute Gasteiger partial charge is 0.309 e. The third-order valence-corrected chi connectivity index (χ3v) is 5.48. The van der Waals surface area contributed by atoms with Gasteiger partial charge in [0.15, 0.2) is 0 Å². The van der Waals surface area contributed by atoms with E-state index in [2.05, 4.69) is 10.2 Å². The molecular formula is C18H26N6O6. The van der Waals surface area contributed by atoms with Crippen molar-refractivity contribution in [2.24, 2.45) is 0 Å². The number of nitro groups is 2. The molecule has 2 fully saturated rings. The van der Waals surface area contributed by atoms with Gasteiger partial charge in [-0.15, -0.1) is 0 Å². The number of aromatic nitrogens is 4. The van der Waals surface area contributed by atoms with E-state index in [1.165, 1.54) is 12.4 Å². The van der Waals surface area contributed by atoms with Crippen LogP contribution in [0.4, 0.5) is 11.4 Å². The van der Waals surface area contributed by atoms with Gasteiger partial charge in [0, 0.05) is 6.61 Å². The maximum atomic E-state index is 10.7. The molecule has 2 aliphatic carbocycles. The van der Waals surface area contributed by atoms with Crippen LogP contribution in [-0.4, -0.2) is 53.3 Å². The van der Waals surface area contributed by atoms with Crippen LogP contribution < -0.4 is 0 Å². The lowest BCUT2D eigenvalue weighted by Crippen LogP contribution is -2.33. The van der Waals surface area contributed by atoms with Crippen LogP contribution in [0.5, 0.6) is 0 Å². The van der Waals surface area contributed by atoms with Crippen LogP contribution >= 0.6 is 0 Å². The molecule has 0 atom stereocenters. The molecule has 2 aliphatic rings. The zero-order valence-corrected chi connectivity index (χ0v) is 17.2. The average molecular weight is 422 g/mol. The van der Waals surface area contributed by atoms with Crippen molar-refractivity contribution in [1.29, 1.82) is 0 Å². The van der Waals surface area contributed by atoms with Gasteiger partial charge in [0.05, 0.1) is 34.1 Å². The highest BCUT2D eigenvalue weighted by Gasteiger charge is 2.33. The predicted molar refractivity (Wildman–Crippen MR) is 105 cm³/mol. The van der Waals surface area contributed by atoms with Gasteiger partial charge in [-0.05, 0) is 46.5 Å². The van der Waals surface area contributed by atoms with Crippen molar-refractivity contribution in [2.75, 3.05) is 6.61 Å². The monoisotopic (exact) mass is 422 g/mol. The number of hydrogen-bond donors (Lipinski definition) is 1. The molecule has 1 N–H and O–H groups in total. The van der Waals surface area contributed by atoms with Crippen LogP contribution in [0.25, 0.3) is 0 Å². The third-order valence-electron chi connectivity index (χ3n) is 5.48. The Morgan fingerprint density at radius 2 is 1.43 bits per heavy atom. The maximum Gasteiger partial charge on any atom is 0.309 e. The largest absolute Gasteiger partial charge is 0.393 e. The van der Waals surface area contributed by atoms with Crippen molar-refractivity contribution in [1.82, 2.24) is 19.6 Å². The Morgan fingerprint density at radius 3 is 1.77 bits per heavy atom. The van der Waals surface area contributed by atoms with Crippen molar-refractivity contribution in [3.05, 3.63) is 44.0 Å². The number of aliphatic hydroxyl groups is 1. The van der Waals surface area contributed by atoms with Gasteiger partial charge in [-0.1, -0.05) is 0 Å². The molecule has 12 nitrogen and oxygen atoms in total. The van der Waals surface area contributed by atoms with Gasteiger partial charge in [-0.3, -0.25) is 29.6 Å². The molecule has 0 unspecified atom stereocenters. The fraction of sp³-hybridized carbons (Fsp3) is 0.667. The van der Waals surface area contributed by atoms with E-state index in [0.29, 0.717) is 30.3 Å². The lowest BCUT2D eigenvalue weighted by molar-refractivity contribution is -0.385. The van der Waals surface area contributed by atoms with Gasteiger partial charge in [0.1, 0.15) is 23.8 Å². The first-order chi connectivity index (χ1) is 14.2. The molecule has 0 radical (unpaired) electrons. The molecule has 2 aromatic rings. The van der Waals surface area contributed by atoms with Crippen LogP contribution in [0.3, 0.4) is 0 Å². The molecule has 30 heavy (non-hydrogen) atoms. The number of nitrogens with zero attached hydrogens (tertiary/aromatic N) is 6. The summed E-state index contributed by atoms with van der Waals surface area (Å²) in [6, 6.07) is 0.376. The Labute approximate surface area is 172 Å². The summed E-state index contributed by atoms with van der Waals surface area (Å²) in [7, 11) is 0. The van der Waals surface area contributed by atoms with E-state index in [4.69, 9.17) is 9.84 Å². The van der Waals surface area contributed by atoms with Crippen LogP contribution in [0.1, 0.15) is 56.1 Å². The molecular weight excluding hydrogens is 396 g/mol. The first kappa shape index (κ1) is 21.8. The molecule has 164 valence electrons. The normalized spacial score (nSPS) is 24.9. The van der Waals surface area contributed by atoms with Crippen LogP contribution in [0, 0.1) is 34.1 Å². The van der Waals surface area contributed by atoms with E-state index in [1.807, 2.05) is 6.92 Å². The summed E-state index contributed by atoms with van der Waals surface area (Å²) in [5.74, 6) is 0. The average Bonchev–Trinajstić information content (AvgIpc) is 3.18. The summed E-state index contributed by atoms with van der Waals surface area (Å²) < 4.78 is 8.72. The summed E-state index contributed by atoms with van der Waals surface area (Å²) >= 11 is 0. The van der Waals surface area contributed by atoms with Crippen LogP contribution in [0.2, 0.25) is 0 Å². The zero-order chi connectivity index (χ0) is 22.0. The maximum absolute atomic E-state index is 10.7. The van der Waals surface area contributed by atoms with Crippen molar-refractivity contribution in [3.8, 4) is 0 Å². The summed E-state index contributed by atoms with van der Waals surface area (Å²) in [6.07, 6.45) is 6.03. The van der Waals surface area contributed by atoms with Crippen molar-refractivity contribution in [2.45, 2.75) is 70.7 Å². The summed E-state index contributed by atoms with van der Waals surface area (Å²) in [6.45, 7) is 5.96. The first-order valence-electron chi connectivity index (χ1n) is 9.89. The zero-order valence-electron chi connectivity index (χ0n) is 17.2. The molecule has 2 aromatic heterocycles. The minimum absolute atomic E-state index is 0.0476. The Hall–Kier alpha value is -2.86. The molecule has 2 heterocycles. The number of aryl methyl sites for hydroxylation is 2. The molecule has 0 aromatic carbocycles. The lowest BCUT2D eigenvalue weighted by Gasteiger charge is -2.34. The Kier molecular flexibility index (Phi) is 6.46. The van der Waals surface area contributed by atoms with E-state index in [9.17, 15) is 20.2 Å². The number of rotatable bonds is 6. The molecule has 0 aliphatic heterocycles. The second-order valence-corrected chi connectivity index (χ2v) is 7.66. The highest BCUT2D eigenvalue weighted by molar-refractivity contribution is 5.32. The summed E-state index contributed by atoms with van der Waals surface area (Å²) in [5.41, 5.74) is 1.05. The first-order valence-corrected chi connectivity index (χ1v) is 9.89. The fourth-order valence-electron chi connectivity index (χ4n) is 3.58. The molecule has 2 saturated carbocycles. The van der Waals surface area contributed by atoms with Crippen LogP contribution in [-0.2, 0) is 4.74 Å². The lowest BCUT2D eigenvalue weighted by atomic mass is 9.89. The molecule has 0 spiro atoms. The summed E-state index contributed by atoms with van der Waals surface area (Å²) in [4.78, 5) is 20.4. The van der Waals surface area contributed by atoms with Crippen molar-refractivity contribution in [3.63, 3.8) is 0 Å². The predicted octanol–water partition coefficient (Wildman–Crippen LogP) is 2.64. The van der Waals surface area contributed by atoms with Crippen molar-refractivity contribution < 1.29 is 19.7 Å². The molecule has 0 bridgehead atoms. The quantitative estimate of drug-likeness (QED) is 0.551. The van der Waals surface area contributed by atoms with Crippen molar-refractivity contribution >= 4 is 11.4 Å². The Bertz CT molecular complexity index is 912. The third kappa shape index (κ3) is 4.65. The number of ether oxygens (including phenoxy) is 1. The van der Waals surface area contributed by atoms with E-state index < -0.39 is 9.85 Å². The van der Waals surface area contributed by atoms with E-state index >= 15 is 0 Å². The highest BCUT2D eigenvalue weighted by atomic mass is 16.6. The van der Waals surface area contributed by atoms with Gasteiger partial charge in [-0.2, -0.15) is 10.2 Å². The van der Waals surface area contributed by atoms with E-state index in [0.717, 1.165) is 19.4 Å². The van der Waals surface area contributed by atoms with Gasteiger partial charge < -0.3 is 9.84 Å². The van der Waals surface area contributed by atoms with E-state index in [1.54, 1.807) is 23.2 Å². The van der Waals surface area contributed by atoms with Gasteiger partial charge in [0.25, 0.3) is 0 Å². The van der Waals surface area contributed by atoms with E-state index in [-0.39, 0.29) is 29.6 Å². The second kappa shape index (κ2) is 8.88.